The number of carbonyl (C=O) groups excluding carboxylic acids is 1. The molecule has 2 rings (SSSR count). The lowest BCUT2D eigenvalue weighted by Crippen LogP contribution is -2.52. The van der Waals surface area contributed by atoms with Gasteiger partial charge >= 0.3 is 6.18 Å². The van der Waals surface area contributed by atoms with Crippen LogP contribution in [-0.4, -0.2) is 18.5 Å². The number of piperidine rings is 1. The topological polar surface area (TPSA) is 41.1 Å². The molecule has 0 aromatic heterocycles. The summed E-state index contributed by atoms with van der Waals surface area (Å²) in [6.45, 7) is 2.98. The molecule has 1 fully saturated rings. The zero-order valence-corrected chi connectivity index (χ0v) is 13.8. The van der Waals surface area contributed by atoms with E-state index in [1.807, 2.05) is 0 Å². The summed E-state index contributed by atoms with van der Waals surface area (Å²) in [6.07, 6.45) is -1.94. The molecule has 7 heteroatoms. The molecule has 1 saturated heterocycles. The third-order valence-electron chi connectivity index (χ3n) is 4.26. The van der Waals surface area contributed by atoms with E-state index in [-0.39, 0.29) is 23.1 Å². The van der Waals surface area contributed by atoms with E-state index >= 15 is 0 Å². The maximum Gasteiger partial charge on any atom is 0.416 e. The Morgan fingerprint density at radius 1 is 1.21 bits per heavy atom. The van der Waals surface area contributed by atoms with Crippen LogP contribution < -0.4 is 10.6 Å². The van der Waals surface area contributed by atoms with Crippen molar-refractivity contribution in [2.75, 3.05) is 6.54 Å². The lowest BCUT2D eigenvalue weighted by atomic mass is 9.90. The van der Waals surface area contributed by atoms with Gasteiger partial charge in [-0.2, -0.15) is 13.2 Å². The molecule has 1 heterocycles. The Balaban J connectivity index is 2.25. The van der Waals surface area contributed by atoms with Crippen LogP contribution in [0.4, 0.5) is 17.6 Å². The van der Waals surface area contributed by atoms with E-state index in [9.17, 15) is 22.4 Å². The van der Waals surface area contributed by atoms with Gasteiger partial charge in [-0.25, -0.2) is 4.39 Å². The number of halogens is 4. The molecule has 2 N–H and O–H groups in total. The molecule has 1 amide bonds. The highest BCUT2D eigenvalue weighted by Crippen LogP contribution is 2.33. The second-order valence-corrected chi connectivity index (χ2v) is 6.67. The van der Waals surface area contributed by atoms with Gasteiger partial charge in [0.15, 0.2) is 0 Å². The maximum absolute atomic E-state index is 13.0. The van der Waals surface area contributed by atoms with Crippen molar-refractivity contribution < 1.29 is 22.4 Å². The molecule has 1 aliphatic rings. The molecular weight excluding hydrogens is 324 g/mol. The minimum absolute atomic E-state index is 0.0575. The van der Waals surface area contributed by atoms with Crippen molar-refractivity contribution in [1.82, 2.24) is 10.6 Å². The number of amides is 1. The van der Waals surface area contributed by atoms with Gasteiger partial charge in [0.05, 0.1) is 17.1 Å². The van der Waals surface area contributed by atoms with Crippen LogP contribution in [0.2, 0.25) is 0 Å². The van der Waals surface area contributed by atoms with Crippen molar-refractivity contribution in [3.63, 3.8) is 0 Å². The molecule has 134 valence electrons. The zero-order chi connectivity index (χ0) is 18.0. The van der Waals surface area contributed by atoms with Gasteiger partial charge in [0.1, 0.15) is 6.67 Å². The monoisotopic (exact) mass is 346 g/mol. The Hall–Kier alpha value is -1.63. The van der Waals surface area contributed by atoms with E-state index in [0.29, 0.717) is 6.42 Å². The van der Waals surface area contributed by atoms with Crippen molar-refractivity contribution in [2.24, 2.45) is 0 Å². The summed E-state index contributed by atoms with van der Waals surface area (Å²) in [5, 5.41) is 5.88. The summed E-state index contributed by atoms with van der Waals surface area (Å²) < 4.78 is 52.0. The Labute approximate surface area is 138 Å². The average molecular weight is 346 g/mol. The van der Waals surface area contributed by atoms with Crippen LogP contribution in [0.5, 0.6) is 0 Å². The Kier molecular flexibility index (Phi) is 5.52. The highest BCUT2D eigenvalue weighted by atomic mass is 19.4. The predicted molar refractivity (Wildman–Crippen MR) is 83.1 cm³/mol. The molecule has 1 aromatic rings. The summed E-state index contributed by atoms with van der Waals surface area (Å²) in [5.74, 6) is -0.251. The highest BCUT2D eigenvalue weighted by molar-refractivity contribution is 5.82. The van der Waals surface area contributed by atoms with Crippen LogP contribution in [0.1, 0.15) is 49.8 Å². The number of alkyl halides is 4. The molecule has 0 bridgehead atoms. The van der Waals surface area contributed by atoms with Gasteiger partial charge in [0.25, 0.3) is 0 Å². The first-order valence-corrected chi connectivity index (χ1v) is 7.96. The van der Waals surface area contributed by atoms with Gasteiger partial charge in [-0.15, -0.1) is 0 Å². The first-order chi connectivity index (χ1) is 11.1. The van der Waals surface area contributed by atoms with Gasteiger partial charge in [-0.1, -0.05) is 12.5 Å². The smallest absolute Gasteiger partial charge is 0.346 e. The minimum Gasteiger partial charge on any atom is -0.346 e. The minimum atomic E-state index is -4.56. The summed E-state index contributed by atoms with van der Waals surface area (Å²) in [6, 6.07) is 2.78. The summed E-state index contributed by atoms with van der Waals surface area (Å²) in [4.78, 5) is 12.4. The van der Waals surface area contributed by atoms with E-state index in [1.54, 1.807) is 13.8 Å². The highest BCUT2D eigenvalue weighted by Gasteiger charge is 2.34. The molecule has 1 aliphatic heterocycles. The number of nitrogens with one attached hydrogen (secondary N) is 2. The SMILES string of the molecule is CC(C)(NC(=O)C1CCCCN1)c1cc(CF)cc(C(F)(F)F)c1. The number of hydrogen-bond donors (Lipinski definition) is 2. The normalized spacial score (nSPS) is 19.2. The van der Waals surface area contributed by atoms with Gasteiger partial charge in [-0.05, 0) is 56.5 Å². The third kappa shape index (κ3) is 4.47. The summed E-state index contributed by atoms with van der Waals surface area (Å²) in [5.41, 5.74) is -1.78. The first-order valence-electron chi connectivity index (χ1n) is 7.96. The molecule has 1 unspecified atom stereocenters. The summed E-state index contributed by atoms with van der Waals surface area (Å²) in [7, 11) is 0. The second-order valence-electron chi connectivity index (χ2n) is 6.67. The van der Waals surface area contributed by atoms with Gasteiger partial charge in [0.2, 0.25) is 5.91 Å². The first kappa shape index (κ1) is 18.7. The maximum atomic E-state index is 13.0. The van der Waals surface area contributed by atoms with Crippen molar-refractivity contribution >= 4 is 5.91 Å². The van der Waals surface area contributed by atoms with E-state index in [4.69, 9.17) is 0 Å². The number of hydrogen-bond acceptors (Lipinski definition) is 2. The zero-order valence-electron chi connectivity index (χ0n) is 13.8. The quantitative estimate of drug-likeness (QED) is 0.817. The third-order valence-corrected chi connectivity index (χ3v) is 4.26. The van der Waals surface area contributed by atoms with Crippen molar-refractivity contribution in [2.45, 2.75) is 57.5 Å². The fourth-order valence-electron chi connectivity index (χ4n) is 2.84. The number of carbonyl (C=O) groups is 1. The molecule has 0 saturated carbocycles. The van der Waals surface area contributed by atoms with Crippen LogP contribution in [0.15, 0.2) is 18.2 Å². The lowest BCUT2D eigenvalue weighted by Gasteiger charge is -2.31. The molecule has 0 spiro atoms. The molecule has 0 radical (unpaired) electrons. The summed E-state index contributed by atoms with van der Waals surface area (Å²) >= 11 is 0. The molecule has 24 heavy (non-hydrogen) atoms. The standard InChI is InChI=1S/C17H22F4N2O/c1-16(2,23-15(24)14-5-3-4-6-22-14)12-7-11(10-18)8-13(9-12)17(19,20)21/h7-9,14,22H,3-6,10H2,1-2H3,(H,23,24). The van der Waals surface area contributed by atoms with Gasteiger partial charge < -0.3 is 10.6 Å². The molecule has 3 nitrogen and oxygen atoms in total. The van der Waals surface area contributed by atoms with Crippen LogP contribution in [0.3, 0.4) is 0 Å². The largest absolute Gasteiger partial charge is 0.416 e. The lowest BCUT2D eigenvalue weighted by molar-refractivity contribution is -0.137. The molecule has 1 aromatic carbocycles. The Bertz CT molecular complexity index is 593. The van der Waals surface area contributed by atoms with Crippen molar-refractivity contribution in [3.8, 4) is 0 Å². The predicted octanol–water partition coefficient (Wildman–Crippen LogP) is 3.67. The molecule has 0 aliphatic carbocycles. The van der Waals surface area contributed by atoms with Crippen LogP contribution >= 0.6 is 0 Å². The van der Waals surface area contributed by atoms with Crippen molar-refractivity contribution in [3.05, 3.63) is 34.9 Å². The Morgan fingerprint density at radius 2 is 1.88 bits per heavy atom. The number of rotatable bonds is 4. The van der Waals surface area contributed by atoms with Gasteiger partial charge in [-0.3, -0.25) is 4.79 Å². The molecule has 1 atom stereocenters. The molecular formula is C17H22F4N2O. The van der Waals surface area contributed by atoms with Crippen molar-refractivity contribution in [1.29, 1.82) is 0 Å². The number of benzene rings is 1. The fourth-order valence-corrected chi connectivity index (χ4v) is 2.84. The van der Waals surface area contributed by atoms with Gasteiger partial charge in [0, 0.05) is 0 Å². The average Bonchev–Trinajstić information content (AvgIpc) is 2.54. The Morgan fingerprint density at radius 3 is 2.42 bits per heavy atom. The van der Waals surface area contributed by atoms with E-state index in [1.165, 1.54) is 6.07 Å². The van der Waals surface area contributed by atoms with E-state index in [0.717, 1.165) is 31.5 Å². The van der Waals surface area contributed by atoms with Crippen LogP contribution in [-0.2, 0) is 23.2 Å². The van der Waals surface area contributed by atoms with E-state index < -0.39 is 24.0 Å². The van der Waals surface area contributed by atoms with Crippen LogP contribution in [0, 0.1) is 0 Å². The van der Waals surface area contributed by atoms with Crippen LogP contribution in [0.25, 0.3) is 0 Å². The van der Waals surface area contributed by atoms with E-state index in [2.05, 4.69) is 10.6 Å². The second kappa shape index (κ2) is 7.09. The fraction of sp³-hybridized carbons (Fsp3) is 0.588.